The highest BCUT2D eigenvalue weighted by atomic mass is 16.6. The molecule has 1 aromatic carbocycles. The van der Waals surface area contributed by atoms with Crippen LogP contribution in [0.25, 0.3) is 11.1 Å². The molecule has 274 valence electrons. The summed E-state index contributed by atoms with van der Waals surface area (Å²) >= 11 is 0. The van der Waals surface area contributed by atoms with Crippen LogP contribution in [-0.2, 0) is 20.5 Å². The SMILES string of the molecule is COc1ccc(C23CCC(CN(c4cc(-c5cnn(C(C)(C)C)c5)ccn4)C(=O)[C@H]4CC[C@H](OC(=O)N5CCC(O)C5)CC4)(CC2)CC3)cc1C. The van der Waals surface area contributed by atoms with Gasteiger partial charge in [0.05, 0.1) is 24.9 Å². The van der Waals surface area contributed by atoms with Gasteiger partial charge in [-0.2, -0.15) is 5.10 Å². The van der Waals surface area contributed by atoms with Gasteiger partial charge < -0.3 is 19.5 Å². The van der Waals surface area contributed by atoms with Crippen molar-refractivity contribution in [3.05, 3.63) is 60.0 Å². The van der Waals surface area contributed by atoms with Gasteiger partial charge in [0, 0.05) is 43.5 Å². The van der Waals surface area contributed by atoms with E-state index in [1.165, 1.54) is 11.1 Å². The Hall–Kier alpha value is -3.92. The molecule has 1 saturated heterocycles. The molecule has 3 heterocycles. The molecular formula is C41H55N5O5. The van der Waals surface area contributed by atoms with Crippen molar-refractivity contribution in [1.82, 2.24) is 19.7 Å². The highest BCUT2D eigenvalue weighted by molar-refractivity contribution is 5.95. The number of β-amino-alcohol motifs (C(OH)–C–C–N with tert-alkyl or cyclic N) is 1. The number of carbonyl (C=O) groups excluding carboxylic acids is 2. The minimum atomic E-state index is -0.477. The number of fused-ring (bicyclic) bond motifs is 3. The number of aryl methyl sites for hydroxylation is 1. The molecule has 3 aromatic rings. The second-order valence-corrected chi connectivity index (χ2v) is 16.9. The van der Waals surface area contributed by atoms with Gasteiger partial charge in [0.1, 0.15) is 17.7 Å². The summed E-state index contributed by atoms with van der Waals surface area (Å²) in [5, 5.41) is 14.5. The van der Waals surface area contributed by atoms with E-state index in [9.17, 15) is 14.7 Å². The quantitative estimate of drug-likeness (QED) is 0.261. The first kappa shape index (κ1) is 35.5. The van der Waals surface area contributed by atoms with Crippen LogP contribution in [0.4, 0.5) is 10.6 Å². The number of benzene rings is 1. The molecule has 0 radical (unpaired) electrons. The Morgan fingerprint density at radius 3 is 2.31 bits per heavy atom. The molecule has 1 atom stereocenters. The summed E-state index contributed by atoms with van der Waals surface area (Å²) < 4.78 is 13.4. The van der Waals surface area contributed by atoms with E-state index in [1.807, 2.05) is 28.0 Å². The standard InChI is InChI=1S/C41H55N5O5/c1-28-22-32(8-11-35(28)50-5)41-17-14-40(15-18-41,16-19-41)27-45(36-23-30(12-20-42-36)31-24-43-46(25-31)39(2,3)4)37(48)29-6-9-34(10-7-29)51-38(49)44-21-13-33(47)26-44/h8,11-12,20,22-25,29,33-34,47H,6-7,9-10,13-19,21,26-27H2,1-5H3/t29-,33?,34-,40?,41?. The second kappa shape index (κ2) is 13.9. The lowest BCUT2D eigenvalue weighted by molar-refractivity contribution is -0.124. The van der Waals surface area contributed by atoms with Crippen LogP contribution in [0.1, 0.15) is 103 Å². The number of hydrogen-bond donors (Lipinski definition) is 1. The highest BCUT2D eigenvalue weighted by Crippen LogP contribution is 2.58. The summed E-state index contributed by atoms with van der Waals surface area (Å²) in [5.41, 5.74) is 4.69. The van der Waals surface area contributed by atoms with Crippen LogP contribution in [0, 0.1) is 18.3 Å². The van der Waals surface area contributed by atoms with Crippen molar-refractivity contribution in [3.8, 4) is 16.9 Å². The summed E-state index contributed by atoms with van der Waals surface area (Å²) in [5.74, 6) is 1.60. The molecule has 4 saturated carbocycles. The summed E-state index contributed by atoms with van der Waals surface area (Å²) in [6, 6.07) is 10.8. The second-order valence-electron chi connectivity index (χ2n) is 16.9. The number of anilines is 1. The van der Waals surface area contributed by atoms with Crippen molar-refractivity contribution in [2.45, 2.75) is 121 Å². The van der Waals surface area contributed by atoms with Crippen LogP contribution in [-0.4, -0.2) is 75.7 Å². The van der Waals surface area contributed by atoms with E-state index in [2.05, 4.69) is 63.3 Å². The normalized spacial score (nSPS) is 27.7. The molecule has 8 rings (SSSR count). The number of aliphatic hydroxyl groups excluding tert-OH is 1. The first-order chi connectivity index (χ1) is 24.4. The average Bonchev–Trinajstić information content (AvgIpc) is 3.82. The van der Waals surface area contributed by atoms with Gasteiger partial charge in [0.25, 0.3) is 0 Å². The number of rotatable bonds is 8. The van der Waals surface area contributed by atoms with Crippen molar-refractivity contribution in [3.63, 3.8) is 0 Å². The van der Waals surface area contributed by atoms with Crippen LogP contribution in [0.5, 0.6) is 5.75 Å². The van der Waals surface area contributed by atoms with Crippen LogP contribution in [0.2, 0.25) is 0 Å². The van der Waals surface area contributed by atoms with Crippen LogP contribution in [0.3, 0.4) is 0 Å². The van der Waals surface area contributed by atoms with Crippen molar-refractivity contribution in [2.24, 2.45) is 11.3 Å². The van der Waals surface area contributed by atoms with Crippen LogP contribution < -0.4 is 9.64 Å². The lowest BCUT2D eigenvalue weighted by atomic mass is 9.51. The predicted octanol–water partition coefficient (Wildman–Crippen LogP) is 7.40. The molecule has 10 nitrogen and oxygen atoms in total. The topological polar surface area (TPSA) is 110 Å². The Kier molecular flexibility index (Phi) is 9.67. The van der Waals surface area contributed by atoms with E-state index in [1.54, 1.807) is 12.0 Å². The lowest BCUT2D eigenvalue weighted by Crippen LogP contribution is -2.52. The number of likely N-dealkylation sites (tertiary alicyclic amines) is 1. The third-order valence-electron chi connectivity index (χ3n) is 12.5. The fourth-order valence-electron chi connectivity index (χ4n) is 9.11. The smallest absolute Gasteiger partial charge is 0.410 e. The predicted molar refractivity (Wildman–Crippen MR) is 197 cm³/mol. The Labute approximate surface area is 302 Å². The van der Waals surface area contributed by atoms with E-state index in [-0.39, 0.29) is 40.4 Å². The number of carbonyl (C=O) groups is 2. The number of aromatic nitrogens is 3. The molecule has 5 fully saturated rings. The van der Waals surface area contributed by atoms with Gasteiger partial charge in [0.2, 0.25) is 5.91 Å². The van der Waals surface area contributed by atoms with E-state index in [0.717, 1.165) is 55.4 Å². The Morgan fingerprint density at radius 2 is 1.71 bits per heavy atom. The molecule has 51 heavy (non-hydrogen) atoms. The average molecular weight is 698 g/mol. The number of hydrogen-bond acceptors (Lipinski definition) is 7. The number of pyridine rings is 1. The van der Waals surface area contributed by atoms with Crippen molar-refractivity contribution in [1.29, 1.82) is 0 Å². The van der Waals surface area contributed by atoms with Gasteiger partial charge in [-0.05, 0) is 144 Å². The zero-order valence-corrected chi connectivity index (χ0v) is 31.1. The maximum absolute atomic E-state index is 14.7. The van der Waals surface area contributed by atoms with E-state index in [4.69, 9.17) is 14.5 Å². The molecule has 5 aliphatic rings. The fraction of sp³-hybridized carbons (Fsp3) is 0.610. The molecule has 2 amide bonds. The summed E-state index contributed by atoms with van der Waals surface area (Å²) in [4.78, 5) is 35.9. The van der Waals surface area contributed by atoms with Gasteiger partial charge in [-0.1, -0.05) is 12.1 Å². The molecule has 10 heteroatoms. The first-order valence-corrected chi connectivity index (χ1v) is 19.0. The number of nitrogens with zero attached hydrogens (tertiary/aromatic N) is 5. The Bertz CT molecular complexity index is 1710. The number of ether oxygens (including phenoxy) is 2. The minimum absolute atomic E-state index is 0.0424. The fourth-order valence-corrected chi connectivity index (χ4v) is 9.11. The van der Waals surface area contributed by atoms with E-state index < -0.39 is 6.10 Å². The molecule has 2 aromatic heterocycles. The summed E-state index contributed by atoms with van der Waals surface area (Å²) in [6.07, 6.45) is 14.5. The summed E-state index contributed by atoms with van der Waals surface area (Å²) in [6.45, 7) is 10.0. The third kappa shape index (κ3) is 7.26. The van der Waals surface area contributed by atoms with Gasteiger partial charge in [-0.25, -0.2) is 9.78 Å². The summed E-state index contributed by atoms with van der Waals surface area (Å²) in [7, 11) is 1.73. The highest BCUT2D eigenvalue weighted by Gasteiger charge is 2.51. The maximum Gasteiger partial charge on any atom is 0.410 e. The van der Waals surface area contributed by atoms with Gasteiger partial charge >= 0.3 is 6.09 Å². The van der Waals surface area contributed by atoms with Crippen molar-refractivity contribution in [2.75, 3.05) is 31.6 Å². The van der Waals surface area contributed by atoms with Gasteiger partial charge in [-0.15, -0.1) is 0 Å². The molecule has 1 N–H and O–H groups in total. The Balaban J connectivity index is 1.10. The largest absolute Gasteiger partial charge is 0.496 e. The monoisotopic (exact) mass is 697 g/mol. The van der Waals surface area contributed by atoms with Gasteiger partial charge in [0.15, 0.2) is 0 Å². The molecule has 1 aliphatic heterocycles. The third-order valence-corrected chi connectivity index (χ3v) is 12.5. The Morgan fingerprint density at radius 1 is 0.980 bits per heavy atom. The molecule has 2 bridgehead atoms. The maximum atomic E-state index is 14.7. The van der Waals surface area contributed by atoms with Crippen molar-refractivity contribution >= 4 is 17.8 Å². The number of aliphatic hydroxyl groups is 1. The zero-order valence-electron chi connectivity index (χ0n) is 31.1. The van der Waals surface area contributed by atoms with Crippen LogP contribution >= 0.6 is 0 Å². The van der Waals surface area contributed by atoms with Crippen LogP contribution in [0.15, 0.2) is 48.9 Å². The lowest BCUT2D eigenvalue weighted by Gasteiger charge is -2.55. The zero-order chi connectivity index (χ0) is 36.0. The minimum Gasteiger partial charge on any atom is -0.496 e. The molecule has 0 spiro atoms. The number of methoxy groups -OCH3 is 1. The molecule has 4 aliphatic carbocycles. The first-order valence-electron chi connectivity index (χ1n) is 19.0. The van der Waals surface area contributed by atoms with Gasteiger partial charge in [-0.3, -0.25) is 14.4 Å². The number of amides is 2. The molecular weight excluding hydrogens is 642 g/mol. The van der Waals surface area contributed by atoms with Crippen molar-refractivity contribution < 1.29 is 24.2 Å². The van der Waals surface area contributed by atoms with E-state index in [0.29, 0.717) is 57.6 Å². The van der Waals surface area contributed by atoms with E-state index >= 15 is 0 Å². The molecule has 1 unspecified atom stereocenters.